The third kappa shape index (κ3) is 3.66. The van der Waals surface area contributed by atoms with Crippen molar-refractivity contribution in [3.8, 4) is 6.07 Å². The highest BCUT2D eigenvalue weighted by atomic mass is 35.5. The predicted octanol–water partition coefficient (Wildman–Crippen LogP) is 1.64. The molecule has 86 valence electrons. The standard InChI is InChI=1S/C10H12ClN3O2/c1-15-10(16-2)6-13-9-4-7(5-12)3-8(11)14-9/h3-4,10H,6H2,1-2H3,(H,13,14). The average molecular weight is 242 g/mol. The van der Waals surface area contributed by atoms with Crippen LogP contribution in [0.4, 0.5) is 5.82 Å². The van der Waals surface area contributed by atoms with E-state index < -0.39 is 0 Å². The van der Waals surface area contributed by atoms with Crippen LogP contribution in [0, 0.1) is 11.3 Å². The van der Waals surface area contributed by atoms with E-state index >= 15 is 0 Å². The van der Waals surface area contributed by atoms with Gasteiger partial charge in [0.2, 0.25) is 0 Å². The zero-order chi connectivity index (χ0) is 12.0. The summed E-state index contributed by atoms with van der Waals surface area (Å²) in [5.41, 5.74) is 0.453. The van der Waals surface area contributed by atoms with Gasteiger partial charge in [0.25, 0.3) is 0 Å². The Labute approximate surface area is 98.9 Å². The van der Waals surface area contributed by atoms with E-state index in [1.165, 1.54) is 6.07 Å². The van der Waals surface area contributed by atoms with Crippen molar-refractivity contribution >= 4 is 17.4 Å². The van der Waals surface area contributed by atoms with Crippen molar-refractivity contribution in [2.24, 2.45) is 0 Å². The lowest BCUT2D eigenvalue weighted by Crippen LogP contribution is -2.24. The molecule has 0 fully saturated rings. The number of nitrogens with one attached hydrogen (secondary N) is 1. The number of aromatic nitrogens is 1. The third-order valence-corrected chi connectivity index (χ3v) is 2.09. The Balaban J connectivity index is 2.67. The molecule has 0 amide bonds. The van der Waals surface area contributed by atoms with Gasteiger partial charge in [0.05, 0.1) is 18.2 Å². The Kier molecular flexibility index (Phi) is 4.99. The highest BCUT2D eigenvalue weighted by Gasteiger charge is 2.06. The van der Waals surface area contributed by atoms with Crippen molar-refractivity contribution in [3.63, 3.8) is 0 Å². The summed E-state index contributed by atoms with van der Waals surface area (Å²) >= 11 is 5.75. The lowest BCUT2D eigenvalue weighted by atomic mass is 10.3. The molecule has 0 aromatic carbocycles. The molecule has 1 N–H and O–H groups in total. The summed E-state index contributed by atoms with van der Waals surface area (Å²) in [6.45, 7) is 0.422. The van der Waals surface area contributed by atoms with Gasteiger partial charge in [-0.25, -0.2) is 4.98 Å². The Morgan fingerprint density at radius 1 is 1.50 bits per heavy atom. The molecule has 16 heavy (non-hydrogen) atoms. The zero-order valence-electron chi connectivity index (χ0n) is 9.03. The van der Waals surface area contributed by atoms with Crippen molar-refractivity contribution < 1.29 is 9.47 Å². The van der Waals surface area contributed by atoms with E-state index in [0.29, 0.717) is 17.9 Å². The molecule has 0 saturated heterocycles. The molecule has 0 saturated carbocycles. The number of halogens is 1. The maximum Gasteiger partial charge on any atom is 0.173 e. The van der Waals surface area contributed by atoms with E-state index in [0.717, 1.165) is 0 Å². The van der Waals surface area contributed by atoms with E-state index in [1.807, 2.05) is 6.07 Å². The van der Waals surface area contributed by atoms with Gasteiger partial charge in [0.15, 0.2) is 6.29 Å². The predicted molar refractivity (Wildman–Crippen MR) is 60.3 cm³/mol. The number of rotatable bonds is 5. The molecule has 0 atom stereocenters. The van der Waals surface area contributed by atoms with Crippen LogP contribution in [0.5, 0.6) is 0 Å². The number of nitriles is 1. The number of nitrogens with zero attached hydrogens (tertiary/aromatic N) is 2. The number of hydrogen-bond donors (Lipinski definition) is 1. The second kappa shape index (κ2) is 6.28. The van der Waals surface area contributed by atoms with Gasteiger partial charge in [0.1, 0.15) is 11.0 Å². The van der Waals surface area contributed by atoms with Crippen LogP contribution in [0.2, 0.25) is 5.15 Å². The fourth-order valence-corrected chi connectivity index (χ4v) is 1.31. The Bertz CT molecular complexity index is 388. The van der Waals surface area contributed by atoms with Gasteiger partial charge in [-0.15, -0.1) is 0 Å². The van der Waals surface area contributed by atoms with E-state index in [9.17, 15) is 0 Å². The topological polar surface area (TPSA) is 67.2 Å². The summed E-state index contributed by atoms with van der Waals surface area (Å²) in [4.78, 5) is 4.01. The first-order chi connectivity index (χ1) is 7.69. The maximum atomic E-state index is 8.74. The van der Waals surface area contributed by atoms with Gasteiger partial charge in [0, 0.05) is 14.2 Å². The lowest BCUT2D eigenvalue weighted by Gasteiger charge is -2.14. The summed E-state index contributed by atoms with van der Waals surface area (Å²) < 4.78 is 10.00. The van der Waals surface area contributed by atoms with Crippen LogP contribution < -0.4 is 5.32 Å². The first-order valence-corrected chi connectivity index (χ1v) is 4.94. The highest BCUT2D eigenvalue weighted by Crippen LogP contribution is 2.13. The van der Waals surface area contributed by atoms with Gasteiger partial charge < -0.3 is 14.8 Å². The summed E-state index contributed by atoms with van der Waals surface area (Å²) in [5.74, 6) is 0.517. The highest BCUT2D eigenvalue weighted by molar-refractivity contribution is 6.29. The van der Waals surface area contributed by atoms with Gasteiger partial charge in [-0.05, 0) is 12.1 Å². The normalized spacial score (nSPS) is 10.2. The van der Waals surface area contributed by atoms with Gasteiger partial charge >= 0.3 is 0 Å². The van der Waals surface area contributed by atoms with Crippen LogP contribution in [-0.4, -0.2) is 32.0 Å². The molecule has 1 aromatic rings. The van der Waals surface area contributed by atoms with Gasteiger partial charge in [-0.1, -0.05) is 11.6 Å². The lowest BCUT2D eigenvalue weighted by molar-refractivity contribution is -0.0914. The summed E-state index contributed by atoms with van der Waals surface area (Å²) in [5, 5.41) is 12.0. The van der Waals surface area contributed by atoms with E-state index in [4.69, 9.17) is 26.3 Å². The van der Waals surface area contributed by atoms with Crippen molar-refractivity contribution in [1.29, 1.82) is 5.26 Å². The third-order valence-electron chi connectivity index (χ3n) is 1.90. The number of anilines is 1. The monoisotopic (exact) mass is 241 g/mol. The zero-order valence-corrected chi connectivity index (χ0v) is 9.78. The van der Waals surface area contributed by atoms with Crippen molar-refractivity contribution in [1.82, 2.24) is 4.98 Å². The molecule has 0 radical (unpaired) electrons. The first kappa shape index (κ1) is 12.7. The van der Waals surface area contributed by atoms with Crippen LogP contribution in [0.3, 0.4) is 0 Å². The molecule has 0 aliphatic heterocycles. The van der Waals surface area contributed by atoms with Crippen LogP contribution >= 0.6 is 11.6 Å². The fraction of sp³-hybridized carbons (Fsp3) is 0.400. The molecule has 0 bridgehead atoms. The number of methoxy groups -OCH3 is 2. The average Bonchev–Trinajstić information content (AvgIpc) is 2.29. The Hall–Kier alpha value is -1.35. The molecule has 6 heteroatoms. The molecule has 0 aliphatic carbocycles. The molecule has 0 unspecified atom stereocenters. The Morgan fingerprint density at radius 3 is 2.75 bits per heavy atom. The second-order valence-electron chi connectivity index (χ2n) is 2.96. The minimum Gasteiger partial charge on any atom is -0.365 e. The molecular formula is C10H12ClN3O2. The van der Waals surface area contributed by atoms with Crippen LogP contribution in [0.1, 0.15) is 5.56 Å². The molecule has 1 rings (SSSR count). The van der Waals surface area contributed by atoms with Crippen molar-refractivity contribution in [2.75, 3.05) is 26.1 Å². The minimum atomic E-state index is -0.369. The van der Waals surface area contributed by atoms with Crippen LogP contribution in [0.25, 0.3) is 0 Å². The van der Waals surface area contributed by atoms with Crippen molar-refractivity contribution in [2.45, 2.75) is 6.29 Å². The van der Waals surface area contributed by atoms with Gasteiger partial charge in [-0.2, -0.15) is 5.26 Å². The van der Waals surface area contributed by atoms with E-state index in [2.05, 4.69) is 10.3 Å². The SMILES string of the molecule is COC(CNc1cc(C#N)cc(Cl)n1)OC. The molecule has 0 aliphatic rings. The van der Waals surface area contributed by atoms with Crippen molar-refractivity contribution in [3.05, 3.63) is 22.8 Å². The first-order valence-electron chi connectivity index (χ1n) is 4.56. The van der Waals surface area contributed by atoms with Crippen LogP contribution in [0.15, 0.2) is 12.1 Å². The Morgan fingerprint density at radius 2 is 2.19 bits per heavy atom. The minimum absolute atomic E-state index is 0.271. The fourth-order valence-electron chi connectivity index (χ4n) is 1.10. The largest absolute Gasteiger partial charge is 0.365 e. The summed E-state index contributed by atoms with van der Waals surface area (Å²) in [7, 11) is 3.09. The van der Waals surface area contributed by atoms with Gasteiger partial charge in [-0.3, -0.25) is 0 Å². The summed E-state index contributed by atoms with van der Waals surface area (Å²) in [6, 6.07) is 5.10. The summed E-state index contributed by atoms with van der Waals surface area (Å²) in [6.07, 6.45) is -0.369. The quantitative estimate of drug-likeness (QED) is 0.627. The second-order valence-corrected chi connectivity index (χ2v) is 3.34. The smallest absolute Gasteiger partial charge is 0.173 e. The number of hydrogen-bond acceptors (Lipinski definition) is 5. The number of pyridine rings is 1. The van der Waals surface area contributed by atoms with Crippen LogP contribution in [-0.2, 0) is 9.47 Å². The molecule has 1 aromatic heterocycles. The molecule has 1 heterocycles. The van der Waals surface area contributed by atoms with E-state index in [1.54, 1.807) is 20.3 Å². The molecule has 5 nitrogen and oxygen atoms in total. The maximum absolute atomic E-state index is 8.74. The number of ether oxygens (including phenoxy) is 2. The molecular weight excluding hydrogens is 230 g/mol. The van der Waals surface area contributed by atoms with E-state index in [-0.39, 0.29) is 11.4 Å². The molecule has 0 spiro atoms.